The van der Waals surface area contributed by atoms with Crippen LogP contribution in [0.25, 0.3) is 0 Å². The van der Waals surface area contributed by atoms with Gasteiger partial charge in [-0.3, -0.25) is 4.79 Å². The van der Waals surface area contributed by atoms with Crippen LogP contribution in [0.4, 0.5) is 15.8 Å². The first-order chi connectivity index (χ1) is 9.38. The van der Waals surface area contributed by atoms with Gasteiger partial charge in [-0.2, -0.15) is 0 Å². The van der Waals surface area contributed by atoms with E-state index in [-0.39, 0.29) is 21.3 Å². The zero-order valence-corrected chi connectivity index (χ0v) is 12.0. The number of halogens is 3. The molecule has 0 atom stereocenters. The molecule has 0 aliphatic rings. The van der Waals surface area contributed by atoms with Crippen LogP contribution >= 0.6 is 23.2 Å². The summed E-state index contributed by atoms with van der Waals surface area (Å²) in [4.78, 5) is 12.0. The van der Waals surface area contributed by atoms with Crippen LogP contribution in [0.3, 0.4) is 0 Å². The predicted molar refractivity (Wildman–Crippen MR) is 80.0 cm³/mol. The fraction of sp³-hybridized carbons (Fsp3) is 0.0714. The number of nitrogens with two attached hydrogens (primary N) is 1. The molecule has 0 aromatic heterocycles. The third-order valence-corrected chi connectivity index (χ3v) is 3.56. The first-order valence-electron chi connectivity index (χ1n) is 5.70. The van der Waals surface area contributed by atoms with Crippen LogP contribution in [-0.4, -0.2) is 5.91 Å². The summed E-state index contributed by atoms with van der Waals surface area (Å²) in [5.74, 6) is -0.838. The number of aryl methyl sites for hydroxylation is 1. The Kier molecular flexibility index (Phi) is 4.16. The van der Waals surface area contributed by atoms with Crippen molar-refractivity contribution < 1.29 is 9.18 Å². The molecule has 0 heterocycles. The van der Waals surface area contributed by atoms with E-state index >= 15 is 0 Å². The average Bonchev–Trinajstić information content (AvgIpc) is 2.39. The highest BCUT2D eigenvalue weighted by Gasteiger charge is 2.12. The molecule has 2 aromatic rings. The summed E-state index contributed by atoms with van der Waals surface area (Å²) in [5.41, 5.74) is 6.95. The first-order valence-corrected chi connectivity index (χ1v) is 6.46. The van der Waals surface area contributed by atoms with E-state index in [2.05, 4.69) is 5.32 Å². The van der Waals surface area contributed by atoms with E-state index < -0.39 is 11.7 Å². The van der Waals surface area contributed by atoms with Crippen LogP contribution in [0.5, 0.6) is 0 Å². The minimum absolute atomic E-state index is 0.187. The number of carbonyl (C=O) groups excluding carboxylic acids is 1. The van der Waals surface area contributed by atoms with E-state index in [1.807, 2.05) is 0 Å². The zero-order valence-electron chi connectivity index (χ0n) is 10.5. The first kappa shape index (κ1) is 14.6. The SMILES string of the molecule is Cc1ccc(NC(=O)c2cc(N)c(Cl)c(Cl)c2)cc1F. The molecule has 20 heavy (non-hydrogen) atoms. The Labute approximate surface area is 125 Å². The number of hydrogen-bond acceptors (Lipinski definition) is 2. The van der Waals surface area contributed by atoms with Gasteiger partial charge in [0, 0.05) is 11.3 Å². The average molecular weight is 313 g/mol. The van der Waals surface area contributed by atoms with Gasteiger partial charge >= 0.3 is 0 Å². The Morgan fingerprint density at radius 3 is 2.55 bits per heavy atom. The molecule has 3 N–H and O–H groups in total. The largest absolute Gasteiger partial charge is 0.397 e. The van der Waals surface area contributed by atoms with Crippen LogP contribution in [0.2, 0.25) is 10.0 Å². The summed E-state index contributed by atoms with van der Waals surface area (Å²) in [6.45, 7) is 1.64. The number of amides is 1. The molecule has 1 amide bonds. The second kappa shape index (κ2) is 5.69. The Balaban J connectivity index is 2.26. The van der Waals surface area contributed by atoms with E-state index in [1.54, 1.807) is 19.1 Å². The van der Waals surface area contributed by atoms with Crippen molar-refractivity contribution >= 4 is 40.5 Å². The fourth-order valence-electron chi connectivity index (χ4n) is 1.62. The van der Waals surface area contributed by atoms with Gasteiger partial charge in [-0.15, -0.1) is 0 Å². The number of benzene rings is 2. The van der Waals surface area contributed by atoms with E-state index in [1.165, 1.54) is 18.2 Å². The number of hydrogen-bond donors (Lipinski definition) is 2. The summed E-state index contributed by atoms with van der Waals surface area (Å²) in [5, 5.41) is 2.95. The number of nitrogen functional groups attached to an aromatic ring is 1. The molecular formula is C14H11Cl2FN2O. The lowest BCUT2D eigenvalue weighted by Crippen LogP contribution is -2.12. The highest BCUT2D eigenvalue weighted by atomic mass is 35.5. The van der Waals surface area contributed by atoms with Crippen LogP contribution in [-0.2, 0) is 0 Å². The molecule has 0 bridgehead atoms. The number of carbonyl (C=O) groups is 1. The summed E-state index contributed by atoms with van der Waals surface area (Å²) in [6.07, 6.45) is 0. The summed E-state index contributed by atoms with van der Waals surface area (Å²) < 4.78 is 13.4. The monoisotopic (exact) mass is 312 g/mol. The number of rotatable bonds is 2. The maximum Gasteiger partial charge on any atom is 0.255 e. The molecule has 0 spiro atoms. The molecule has 0 fully saturated rings. The van der Waals surface area contributed by atoms with Crippen molar-refractivity contribution in [2.45, 2.75) is 6.92 Å². The molecule has 0 aliphatic carbocycles. The van der Waals surface area contributed by atoms with Gasteiger partial charge in [0.2, 0.25) is 0 Å². The lowest BCUT2D eigenvalue weighted by Gasteiger charge is -2.08. The van der Waals surface area contributed by atoms with Crippen molar-refractivity contribution in [3.63, 3.8) is 0 Å². The van der Waals surface area contributed by atoms with Gasteiger partial charge in [0.15, 0.2) is 0 Å². The van der Waals surface area contributed by atoms with Crippen LogP contribution < -0.4 is 11.1 Å². The molecule has 0 unspecified atom stereocenters. The molecule has 104 valence electrons. The van der Waals surface area contributed by atoms with E-state index in [9.17, 15) is 9.18 Å². The van der Waals surface area contributed by atoms with Crippen molar-refractivity contribution in [2.24, 2.45) is 0 Å². The Hall–Kier alpha value is -1.78. The Morgan fingerprint density at radius 1 is 1.25 bits per heavy atom. The van der Waals surface area contributed by atoms with Gasteiger partial charge in [0.05, 0.1) is 15.7 Å². The minimum Gasteiger partial charge on any atom is -0.397 e. The third kappa shape index (κ3) is 3.03. The van der Waals surface area contributed by atoms with Gasteiger partial charge in [0.25, 0.3) is 5.91 Å². The van der Waals surface area contributed by atoms with E-state index in [4.69, 9.17) is 28.9 Å². The number of anilines is 2. The maximum atomic E-state index is 13.4. The van der Waals surface area contributed by atoms with Crippen molar-refractivity contribution in [3.8, 4) is 0 Å². The molecule has 3 nitrogen and oxygen atoms in total. The standard InChI is InChI=1S/C14H11Cl2FN2O/c1-7-2-3-9(6-11(7)17)19-14(20)8-4-10(15)13(16)12(18)5-8/h2-6H,18H2,1H3,(H,19,20). The summed E-state index contributed by atoms with van der Waals surface area (Å²) in [6, 6.07) is 7.24. The van der Waals surface area contributed by atoms with Gasteiger partial charge < -0.3 is 11.1 Å². The molecule has 6 heteroatoms. The second-order valence-electron chi connectivity index (χ2n) is 4.28. The molecular weight excluding hydrogens is 302 g/mol. The second-order valence-corrected chi connectivity index (χ2v) is 5.06. The quantitative estimate of drug-likeness (QED) is 0.813. The highest BCUT2D eigenvalue weighted by Crippen LogP contribution is 2.29. The Morgan fingerprint density at radius 2 is 1.95 bits per heavy atom. The normalized spacial score (nSPS) is 10.4. The summed E-state index contributed by atoms with van der Waals surface area (Å²) in [7, 11) is 0. The van der Waals surface area contributed by atoms with Gasteiger partial charge in [-0.05, 0) is 36.8 Å². The van der Waals surface area contributed by atoms with Crippen LogP contribution in [0.15, 0.2) is 30.3 Å². The molecule has 0 aliphatic heterocycles. The zero-order chi connectivity index (χ0) is 14.9. The van der Waals surface area contributed by atoms with Crippen LogP contribution in [0.1, 0.15) is 15.9 Å². The number of nitrogens with one attached hydrogen (secondary N) is 1. The summed E-state index contributed by atoms with van der Waals surface area (Å²) >= 11 is 11.7. The smallest absolute Gasteiger partial charge is 0.255 e. The minimum atomic E-state index is -0.446. The molecule has 2 aromatic carbocycles. The van der Waals surface area contributed by atoms with Crippen molar-refractivity contribution in [1.82, 2.24) is 0 Å². The maximum absolute atomic E-state index is 13.4. The Bertz CT molecular complexity index is 666. The fourth-order valence-corrected chi connectivity index (χ4v) is 1.95. The topological polar surface area (TPSA) is 55.1 Å². The van der Waals surface area contributed by atoms with Crippen LogP contribution in [0, 0.1) is 12.7 Å². The predicted octanol–water partition coefficient (Wildman–Crippen LogP) is 4.28. The lowest BCUT2D eigenvalue weighted by atomic mass is 10.1. The molecule has 0 radical (unpaired) electrons. The van der Waals surface area contributed by atoms with Gasteiger partial charge in [0.1, 0.15) is 5.82 Å². The molecule has 0 saturated heterocycles. The molecule has 2 rings (SSSR count). The van der Waals surface area contributed by atoms with Crippen molar-refractivity contribution in [1.29, 1.82) is 0 Å². The highest BCUT2D eigenvalue weighted by molar-refractivity contribution is 6.44. The van der Waals surface area contributed by atoms with E-state index in [0.717, 1.165) is 0 Å². The molecule has 0 saturated carbocycles. The van der Waals surface area contributed by atoms with Gasteiger partial charge in [-0.1, -0.05) is 29.3 Å². The van der Waals surface area contributed by atoms with Crippen molar-refractivity contribution in [2.75, 3.05) is 11.1 Å². The van der Waals surface area contributed by atoms with Crippen molar-refractivity contribution in [3.05, 3.63) is 57.3 Å². The lowest BCUT2D eigenvalue weighted by molar-refractivity contribution is 0.102. The van der Waals surface area contributed by atoms with E-state index in [0.29, 0.717) is 11.3 Å². The third-order valence-electron chi connectivity index (χ3n) is 2.75. The van der Waals surface area contributed by atoms with Gasteiger partial charge in [-0.25, -0.2) is 4.39 Å².